The fraction of sp³-hybridized carbons (Fsp3) is 0.111. The molecule has 0 atom stereocenters. The van der Waals surface area contributed by atoms with Crippen LogP contribution in [0.1, 0.15) is 15.9 Å². The molecule has 0 aromatic heterocycles. The van der Waals surface area contributed by atoms with E-state index in [1.165, 1.54) is 18.2 Å². The first-order valence-electron chi connectivity index (χ1n) is 3.82. The van der Waals surface area contributed by atoms with E-state index in [2.05, 4.69) is 10.5 Å². The summed E-state index contributed by atoms with van der Waals surface area (Å²) in [7, 11) is 0. The Hall–Kier alpha value is -2.04. The fourth-order valence-corrected chi connectivity index (χ4v) is 1.02. The van der Waals surface area contributed by atoms with E-state index < -0.39 is 12.1 Å². The molecule has 5 heteroatoms. The van der Waals surface area contributed by atoms with Crippen LogP contribution < -0.4 is 5.73 Å². The van der Waals surface area contributed by atoms with Crippen molar-refractivity contribution in [2.24, 2.45) is 5.73 Å². The van der Waals surface area contributed by atoms with Crippen LogP contribution in [-0.2, 0) is 4.74 Å². The fourth-order valence-electron chi connectivity index (χ4n) is 1.02. The summed E-state index contributed by atoms with van der Waals surface area (Å²) in [5.41, 5.74) is 5.39. The molecule has 0 spiro atoms. The summed E-state index contributed by atoms with van der Waals surface area (Å²) in [6.07, 6.45) is -1.15. The third kappa shape index (κ3) is 2.22. The zero-order valence-corrected chi connectivity index (χ0v) is 7.48. The summed E-state index contributed by atoms with van der Waals surface area (Å²) in [5.74, 6) is -0.784. The van der Waals surface area contributed by atoms with Crippen LogP contribution in [0, 0.1) is 6.92 Å². The van der Waals surface area contributed by atoms with Gasteiger partial charge < -0.3 is 15.6 Å². The monoisotopic (exact) mass is 195 g/mol. The van der Waals surface area contributed by atoms with Gasteiger partial charge in [0.05, 0.1) is 5.56 Å². The number of carbonyl (C=O) groups is 2. The standard InChI is InChI=1S/C9H9NO4/c1-5-4-6(11)2-3-7(5)8(12)14-9(10)13/h2-4,11H,1H3,(H2,10,13). The molecule has 0 bridgehead atoms. The summed E-state index contributed by atoms with van der Waals surface area (Å²) in [5, 5.41) is 9.06. The quantitative estimate of drug-likeness (QED) is 0.515. The number of benzene rings is 1. The molecule has 5 nitrogen and oxygen atoms in total. The van der Waals surface area contributed by atoms with Crippen molar-refractivity contribution < 1.29 is 19.4 Å². The summed E-state index contributed by atoms with van der Waals surface area (Å²) in [6.45, 7) is 1.61. The lowest BCUT2D eigenvalue weighted by molar-refractivity contribution is 0.0637. The van der Waals surface area contributed by atoms with Crippen molar-refractivity contribution in [1.82, 2.24) is 0 Å². The second-order valence-corrected chi connectivity index (χ2v) is 2.71. The number of ether oxygens (including phenoxy) is 1. The van der Waals surface area contributed by atoms with Gasteiger partial charge in [-0.1, -0.05) is 0 Å². The van der Waals surface area contributed by atoms with Gasteiger partial charge in [-0.05, 0) is 30.7 Å². The number of aryl methyl sites for hydroxylation is 1. The van der Waals surface area contributed by atoms with Crippen LogP contribution in [0.15, 0.2) is 18.2 Å². The zero-order valence-electron chi connectivity index (χ0n) is 7.48. The van der Waals surface area contributed by atoms with Gasteiger partial charge in [-0.15, -0.1) is 0 Å². The average molecular weight is 195 g/mol. The number of amides is 1. The number of esters is 1. The lowest BCUT2D eigenvalue weighted by Gasteiger charge is -2.03. The molecule has 0 saturated heterocycles. The average Bonchev–Trinajstić information content (AvgIpc) is 2.01. The number of phenols is 1. The van der Waals surface area contributed by atoms with E-state index in [1.807, 2.05) is 0 Å². The number of nitrogens with two attached hydrogens (primary N) is 1. The van der Waals surface area contributed by atoms with Crippen molar-refractivity contribution in [2.45, 2.75) is 6.92 Å². The predicted molar refractivity (Wildman–Crippen MR) is 47.8 cm³/mol. The Morgan fingerprint density at radius 3 is 2.57 bits per heavy atom. The van der Waals surface area contributed by atoms with Crippen molar-refractivity contribution in [3.05, 3.63) is 29.3 Å². The normalized spacial score (nSPS) is 9.50. The van der Waals surface area contributed by atoms with Crippen molar-refractivity contribution in [3.63, 3.8) is 0 Å². The summed E-state index contributed by atoms with van der Waals surface area (Å²) >= 11 is 0. The Balaban J connectivity index is 2.96. The lowest BCUT2D eigenvalue weighted by atomic mass is 10.1. The maximum atomic E-state index is 11.2. The van der Waals surface area contributed by atoms with Crippen LogP contribution in [0.2, 0.25) is 0 Å². The van der Waals surface area contributed by atoms with Crippen LogP contribution >= 0.6 is 0 Å². The number of phenolic OH excluding ortho intramolecular Hbond substituents is 1. The summed E-state index contributed by atoms with van der Waals surface area (Å²) in [6, 6.07) is 4.07. The molecule has 0 unspecified atom stereocenters. The second kappa shape index (κ2) is 3.78. The largest absolute Gasteiger partial charge is 0.508 e. The molecule has 1 aromatic carbocycles. The smallest absolute Gasteiger partial charge is 0.412 e. The Morgan fingerprint density at radius 2 is 2.07 bits per heavy atom. The van der Waals surface area contributed by atoms with Crippen LogP contribution in [0.3, 0.4) is 0 Å². The Kier molecular flexibility index (Phi) is 2.71. The Labute approximate surface area is 80.1 Å². The van der Waals surface area contributed by atoms with Gasteiger partial charge >= 0.3 is 12.1 Å². The Morgan fingerprint density at radius 1 is 1.43 bits per heavy atom. The highest BCUT2D eigenvalue weighted by Crippen LogP contribution is 2.16. The number of carbonyl (C=O) groups excluding carboxylic acids is 2. The zero-order chi connectivity index (χ0) is 10.7. The van der Waals surface area contributed by atoms with E-state index in [0.717, 1.165) is 0 Å². The molecule has 1 rings (SSSR count). The minimum atomic E-state index is -1.15. The minimum Gasteiger partial charge on any atom is -0.508 e. The molecule has 0 aliphatic heterocycles. The molecule has 0 heterocycles. The van der Waals surface area contributed by atoms with E-state index in [1.54, 1.807) is 6.92 Å². The van der Waals surface area contributed by atoms with Gasteiger partial charge in [0.1, 0.15) is 5.75 Å². The van der Waals surface area contributed by atoms with E-state index in [0.29, 0.717) is 5.56 Å². The van der Waals surface area contributed by atoms with Gasteiger partial charge in [-0.2, -0.15) is 0 Å². The molecular weight excluding hydrogens is 186 g/mol. The van der Waals surface area contributed by atoms with E-state index in [-0.39, 0.29) is 11.3 Å². The molecule has 0 saturated carbocycles. The maximum Gasteiger partial charge on any atom is 0.412 e. The molecule has 1 amide bonds. The SMILES string of the molecule is Cc1cc(O)ccc1C(=O)OC(N)=O. The molecule has 0 fully saturated rings. The molecule has 0 aliphatic carbocycles. The van der Waals surface area contributed by atoms with Gasteiger partial charge in [0.25, 0.3) is 0 Å². The number of hydrogen-bond acceptors (Lipinski definition) is 4. The van der Waals surface area contributed by atoms with Crippen LogP contribution in [0.4, 0.5) is 4.79 Å². The third-order valence-electron chi connectivity index (χ3n) is 1.62. The first kappa shape index (κ1) is 10.0. The highest BCUT2D eigenvalue weighted by molar-refractivity contribution is 5.97. The first-order chi connectivity index (χ1) is 6.50. The molecule has 14 heavy (non-hydrogen) atoms. The van der Waals surface area contributed by atoms with E-state index in [9.17, 15) is 9.59 Å². The van der Waals surface area contributed by atoms with Gasteiger partial charge in [0.2, 0.25) is 0 Å². The van der Waals surface area contributed by atoms with E-state index >= 15 is 0 Å². The van der Waals surface area contributed by atoms with Crippen LogP contribution in [0.5, 0.6) is 5.75 Å². The van der Waals surface area contributed by atoms with Gasteiger partial charge in [-0.3, -0.25) is 0 Å². The molecule has 0 aliphatic rings. The molecule has 3 N–H and O–H groups in total. The molecular formula is C9H9NO4. The van der Waals surface area contributed by atoms with Crippen molar-refractivity contribution in [3.8, 4) is 5.75 Å². The molecule has 1 aromatic rings. The van der Waals surface area contributed by atoms with Crippen molar-refractivity contribution in [2.75, 3.05) is 0 Å². The minimum absolute atomic E-state index is 0.0399. The second-order valence-electron chi connectivity index (χ2n) is 2.71. The number of primary amides is 1. The van der Waals surface area contributed by atoms with Crippen molar-refractivity contribution >= 4 is 12.1 Å². The summed E-state index contributed by atoms with van der Waals surface area (Å²) < 4.78 is 4.18. The van der Waals surface area contributed by atoms with Crippen LogP contribution in [-0.4, -0.2) is 17.2 Å². The van der Waals surface area contributed by atoms with E-state index in [4.69, 9.17) is 5.11 Å². The summed E-state index contributed by atoms with van der Waals surface area (Å²) in [4.78, 5) is 21.5. The molecule has 0 radical (unpaired) electrons. The molecule has 74 valence electrons. The predicted octanol–water partition coefficient (Wildman–Crippen LogP) is 0.936. The van der Waals surface area contributed by atoms with Gasteiger partial charge in [-0.25, -0.2) is 9.59 Å². The number of aromatic hydroxyl groups is 1. The maximum absolute atomic E-state index is 11.2. The topological polar surface area (TPSA) is 89.6 Å². The number of rotatable bonds is 1. The first-order valence-corrected chi connectivity index (χ1v) is 3.82. The van der Waals surface area contributed by atoms with Crippen LogP contribution in [0.25, 0.3) is 0 Å². The highest BCUT2D eigenvalue weighted by atomic mass is 16.6. The van der Waals surface area contributed by atoms with Crippen molar-refractivity contribution in [1.29, 1.82) is 0 Å². The lowest BCUT2D eigenvalue weighted by Crippen LogP contribution is -2.19. The van der Waals surface area contributed by atoms with Gasteiger partial charge in [0.15, 0.2) is 0 Å². The third-order valence-corrected chi connectivity index (χ3v) is 1.62. The van der Waals surface area contributed by atoms with Gasteiger partial charge in [0, 0.05) is 0 Å². The number of hydrogen-bond donors (Lipinski definition) is 2. The Bertz CT molecular complexity index is 386. The highest BCUT2D eigenvalue weighted by Gasteiger charge is 2.12.